The number of fused-ring (bicyclic) bond motifs is 1. The highest BCUT2D eigenvalue weighted by Crippen LogP contribution is 2.26. The van der Waals surface area contributed by atoms with Crippen molar-refractivity contribution in [2.75, 3.05) is 7.11 Å². The van der Waals surface area contributed by atoms with Gasteiger partial charge in [-0.15, -0.1) is 0 Å². The molecular weight excluding hydrogens is 590 g/mol. The van der Waals surface area contributed by atoms with Crippen molar-refractivity contribution in [2.24, 2.45) is 5.41 Å². The van der Waals surface area contributed by atoms with Crippen molar-refractivity contribution in [3.05, 3.63) is 36.0 Å². The van der Waals surface area contributed by atoms with Crippen LogP contribution in [0.5, 0.6) is 0 Å². The van der Waals surface area contributed by atoms with Gasteiger partial charge in [0.1, 0.15) is 18.1 Å². The number of carboxylic acid groups (broad SMARTS) is 1. The Balaban J connectivity index is 1.97. The van der Waals surface area contributed by atoms with E-state index in [1.165, 1.54) is 11.7 Å². The van der Waals surface area contributed by atoms with Crippen molar-refractivity contribution < 1.29 is 33.8 Å². The number of likely N-dealkylation sites (tertiary alicyclic amines) is 1. The third kappa shape index (κ3) is 9.46. The lowest BCUT2D eigenvalue weighted by molar-refractivity contribution is -0.142. The van der Waals surface area contributed by atoms with Crippen LogP contribution in [0.25, 0.3) is 10.9 Å². The van der Waals surface area contributed by atoms with Gasteiger partial charge in [0.25, 0.3) is 0 Å². The van der Waals surface area contributed by atoms with Crippen molar-refractivity contribution in [2.45, 2.75) is 123 Å². The molecule has 1 aliphatic rings. The molecule has 4 amide bonds. The van der Waals surface area contributed by atoms with Crippen molar-refractivity contribution in [3.8, 4) is 0 Å². The molecule has 0 radical (unpaired) electrons. The first kappa shape index (κ1) is 36.4. The van der Waals surface area contributed by atoms with Crippen LogP contribution in [0.15, 0.2) is 30.5 Å². The normalized spacial score (nSPS) is 18.7. The number of ether oxygens (including phenoxy) is 1. The number of aromatic nitrogens is 1. The number of nitrogens with one attached hydrogen (secondary N) is 3. The molecule has 5 atom stereocenters. The van der Waals surface area contributed by atoms with E-state index in [-0.39, 0.29) is 36.4 Å². The smallest absolute Gasteiger partial charge is 0.418 e. The number of hydrogen-bond donors (Lipinski definition) is 4. The van der Waals surface area contributed by atoms with Crippen molar-refractivity contribution >= 4 is 40.8 Å². The second-order valence-electron chi connectivity index (χ2n) is 13.6. The zero-order valence-corrected chi connectivity index (χ0v) is 28.2. The Labute approximate surface area is 271 Å². The van der Waals surface area contributed by atoms with E-state index in [1.54, 1.807) is 35.4 Å². The van der Waals surface area contributed by atoms with E-state index in [2.05, 4.69) is 16.0 Å². The molecule has 12 nitrogen and oxygen atoms in total. The first-order valence-corrected chi connectivity index (χ1v) is 16.3. The van der Waals surface area contributed by atoms with Crippen LogP contribution in [-0.2, 0) is 25.5 Å². The topological polar surface area (TPSA) is 159 Å². The van der Waals surface area contributed by atoms with E-state index in [0.717, 1.165) is 25.7 Å². The predicted molar refractivity (Wildman–Crippen MR) is 175 cm³/mol. The van der Waals surface area contributed by atoms with E-state index in [0.29, 0.717) is 29.3 Å². The lowest BCUT2D eigenvalue weighted by Gasteiger charge is -2.40. The van der Waals surface area contributed by atoms with E-state index in [1.807, 2.05) is 41.5 Å². The van der Waals surface area contributed by atoms with Gasteiger partial charge in [0.05, 0.1) is 12.6 Å². The molecule has 0 saturated carbocycles. The molecule has 4 N–H and O–H groups in total. The van der Waals surface area contributed by atoms with Crippen LogP contribution >= 0.6 is 0 Å². The maximum atomic E-state index is 14.0. The van der Waals surface area contributed by atoms with E-state index < -0.39 is 42.0 Å². The SMILES string of the molecule is CCCC[C@@H](NC(=O)[C@@H](Cc1cn(C(=O)OC)c2ccccc12)NC(=O)C(CC(C)(C)C)NC(=O)N1[C@H](C)CCC[C@@H]1C)C(=O)O. The minimum atomic E-state index is -1.21. The molecule has 1 saturated heterocycles. The largest absolute Gasteiger partial charge is 0.480 e. The molecule has 12 heteroatoms. The predicted octanol–water partition coefficient (Wildman–Crippen LogP) is 4.82. The number of carbonyl (C=O) groups is 5. The number of nitrogens with zero attached hydrogens (tertiary/aromatic N) is 2. The van der Waals surface area contributed by atoms with Crippen LogP contribution in [-0.4, -0.2) is 81.8 Å². The molecule has 0 aliphatic carbocycles. The van der Waals surface area contributed by atoms with Gasteiger partial charge in [-0.1, -0.05) is 58.7 Å². The van der Waals surface area contributed by atoms with Gasteiger partial charge in [-0.25, -0.2) is 14.4 Å². The zero-order chi connectivity index (χ0) is 34.2. The van der Waals surface area contributed by atoms with Gasteiger partial charge in [-0.05, 0) is 63.0 Å². The van der Waals surface area contributed by atoms with Gasteiger partial charge in [-0.3, -0.25) is 14.2 Å². The summed E-state index contributed by atoms with van der Waals surface area (Å²) in [5, 5.41) is 18.9. The van der Waals surface area contributed by atoms with Crippen LogP contribution in [0.4, 0.5) is 9.59 Å². The number of hydrogen-bond acceptors (Lipinski definition) is 6. The van der Waals surface area contributed by atoms with Crippen molar-refractivity contribution in [3.63, 3.8) is 0 Å². The second-order valence-corrected chi connectivity index (χ2v) is 13.6. The summed E-state index contributed by atoms with van der Waals surface area (Å²) in [4.78, 5) is 67.6. The number of urea groups is 1. The fraction of sp³-hybridized carbons (Fsp3) is 0.618. The molecule has 1 aromatic carbocycles. The minimum Gasteiger partial charge on any atom is -0.480 e. The summed E-state index contributed by atoms with van der Waals surface area (Å²) in [5.74, 6) is -2.40. The van der Waals surface area contributed by atoms with Gasteiger partial charge in [0.15, 0.2) is 0 Å². The van der Waals surface area contributed by atoms with Crippen LogP contribution in [0, 0.1) is 5.41 Å². The number of carbonyl (C=O) groups excluding carboxylic acids is 4. The minimum absolute atomic E-state index is 0.0174. The Kier molecular flexibility index (Phi) is 12.6. The summed E-state index contributed by atoms with van der Waals surface area (Å²) in [6.45, 7) is 11.8. The molecule has 1 aromatic heterocycles. The van der Waals surface area contributed by atoms with Crippen LogP contribution in [0.2, 0.25) is 0 Å². The first-order chi connectivity index (χ1) is 21.7. The monoisotopic (exact) mass is 641 g/mol. The highest BCUT2D eigenvalue weighted by Gasteiger charge is 2.35. The zero-order valence-electron chi connectivity index (χ0n) is 28.2. The fourth-order valence-electron chi connectivity index (χ4n) is 6.17. The fourth-order valence-corrected chi connectivity index (χ4v) is 6.17. The third-order valence-electron chi connectivity index (χ3n) is 8.54. The van der Waals surface area contributed by atoms with Gasteiger partial charge >= 0.3 is 18.1 Å². The standard InChI is InChI=1S/C34H51N5O7/c1-8-9-16-25(31(42)43)35-29(40)26(18-23-20-38(33(45)46-7)28-17-11-10-15-24(23)28)36-30(41)27(19-34(4,5)6)37-32(44)39-21(2)13-12-14-22(39)3/h10-11,15,17,20-22,25-27H,8-9,12-14,16,18-19H2,1-7H3,(H,35,40)(H,36,41)(H,37,44)(H,42,43)/t21-,22+,25-,26-,27?/m1/s1. The maximum absolute atomic E-state index is 14.0. The van der Waals surface area contributed by atoms with Crippen molar-refractivity contribution in [1.82, 2.24) is 25.4 Å². The molecule has 46 heavy (non-hydrogen) atoms. The number of para-hydroxylation sites is 1. The summed E-state index contributed by atoms with van der Waals surface area (Å²) in [6.07, 6.45) is 5.53. The average Bonchev–Trinajstić information content (AvgIpc) is 3.35. The molecular formula is C34H51N5O7. The van der Waals surface area contributed by atoms with Crippen molar-refractivity contribution in [1.29, 1.82) is 0 Å². The molecule has 1 aliphatic heterocycles. The molecule has 1 unspecified atom stereocenters. The second kappa shape index (κ2) is 16.0. The summed E-state index contributed by atoms with van der Waals surface area (Å²) in [5.41, 5.74) is 0.785. The first-order valence-electron chi connectivity index (χ1n) is 16.3. The number of amides is 4. The lowest BCUT2D eigenvalue weighted by Crippen LogP contribution is -2.60. The Morgan fingerprint density at radius 2 is 1.57 bits per heavy atom. The van der Waals surface area contributed by atoms with Gasteiger partial charge < -0.3 is 30.7 Å². The maximum Gasteiger partial charge on any atom is 0.418 e. The summed E-state index contributed by atoms with van der Waals surface area (Å²) < 4.78 is 6.26. The van der Waals surface area contributed by atoms with E-state index in [4.69, 9.17) is 4.74 Å². The Morgan fingerprint density at radius 3 is 2.15 bits per heavy atom. The number of carboxylic acids is 1. The number of piperidine rings is 1. The van der Waals surface area contributed by atoms with Gasteiger partial charge in [0.2, 0.25) is 11.8 Å². The summed E-state index contributed by atoms with van der Waals surface area (Å²) in [6, 6.07) is 3.49. The Bertz CT molecular complexity index is 1390. The Morgan fingerprint density at radius 1 is 0.957 bits per heavy atom. The number of aliphatic carboxylic acids is 1. The summed E-state index contributed by atoms with van der Waals surface area (Å²) >= 11 is 0. The molecule has 2 aromatic rings. The number of unbranched alkanes of at least 4 members (excludes halogenated alkanes) is 1. The highest BCUT2D eigenvalue weighted by molar-refractivity contribution is 5.95. The Hall–Kier alpha value is -4.09. The van der Waals surface area contributed by atoms with E-state index >= 15 is 0 Å². The molecule has 2 heterocycles. The number of benzene rings is 1. The van der Waals surface area contributed by atoms with Gasteiger partial charge in [0, 0.05) is 30.1 Å². The molecule has 0 bridgehead atoms. The third-order valence-corrected chi connectivity index (χ3v) is 8.54. The highest BCUT2D eigenvalue weighted by atomic mass is 16.5. The average molecular weight is 642 g/mol. The number of methoxy groups -OCH3 is 1. The summed E-state index contributed by atoms with van der Waals surface area (Å²) in [7, 11) is 1.27. The van der Waals surface area contributed by atoms with Gasteiger partial charge in [-0.2, -0.15) is 0 Å². The molecule has 1 fully saturated rings. The molecule has 3 rings (SSSR count). The quantitative estimate of drug-likeness (QED) is 0.259. The van der Waals surface area contributed by atoms with Crippen LogP contribution in [0.1, 0.15) is 92.1 Å². The lowest BCUT2D eigenvalue weighted by atomic mass is 9.87. The van der Waals surface area contributed by atoms with Crippen LogP contribution in [0.3, 0.4) is 0 Å². The molecule has 254 valence electrons. The van der Waals surface area contributed by atoms with E-state index in [9.17, 15) is 29.1 Å². The number of rotatable bonds is 12. The van der Waals surface area contributed by atoms with Crippen LogP contribution < -0.4 is 16.0 Å². The molecule has 0 spiro atoms.